The monoisotopic (exact) mass is 176 g/mol. The Morgan fingerprint density at radius 3 is 2.91 bits per heavy atom. The lowest BCUT2D eigenvalue weighted by Gasteiger charge is -1.95. The lowest BCUT2D eigenvalue weighted by molar-refractivity contribution is 0.380. The molecular formula is C5H8N2O3S. The molecule has 1 rings (SSSR count). The third-order valence-electron chi connectivity index (χ3n) is 1.000. The molecule has 0 spiro atoms. The maximum absolute atomic E-state index is 10.6. The van der Waals surface area contributed by atoms with Gasteiger partial charge in [0.15, 0.2) is 5.76 Å². The highest BCUT2D eigenvalue weighted by Gasteiger charge is 2.02. The van der Waals surface area contributed by atoms with Crippen LogP contribution in [-0.4, -0.2) is 19.8 Å². The summed E-state index contributed by atoms with van der Waals surface area (Å²) in [5.41, 5.74) is 0. The van der Waals surface area contributed by atoms with Crippen molar-refractivity contribution in [3.05, 3.63) is 18.0 Å². The van der Waals surface area contributed by atoms with Crippen LogP contribution in [0.3, 0.4) is 0 Å². The van der Waals surface area contributed by atoms with Gasteiger partial charge < -0.3 is 4.52 Å². The molecule has 62 valence electrons. The zero-order valence-corrected chi connectivity index (χ0v) is 6.76. The molecule has 1 N–H and O–H groups in total. The average Bonchev–Trinajstić information content (AvgIpc) is 2.32. The molecule has 6 heteroatoms. The van der Waals surface area contributed by atoms with Crippen LogP contribution in [0.5, 0.6) is 0 Å². The van der Waals surface area contributed by atoms with Crippen LogP contribution in [0.1, 0.15) is 5.76 Å². The van der Waals surface area contributed by atoms with E-state index in [1.165, 1.54) is 6.20 Å². The quantitative estimate of drug-likeness (QED) is 0.687. The molecule has 0 radical (unpaired) electrons. The predicted molar refractivity (Wildman–Crippen MR) is 38.2 cm³/mol. The van der Waals surface area contributed by atoms with Crippen molar-refractivity contribution >= 4 is 10.0 Å². The van der Waals surface area contributed by atoms with E-state index in [0.717, 1.165) is 6.26 Å². The molecule has 0 bridgehead atoms. The van der Waals surface area contributed by atoms with Crippen molar-refractivity contribution in [2.24, 2.45) is 0 Å². The van der Waals surface area contributed by atoms with Gasteiger partial charge in [0.25, 0.3) is 0 Å². The molecule has 0 aliphatic carbocycles. The maximum atomic E-state index is 10.6. The topological polar surface area (TPSA) is 72.2 Å². The first-order chi connectivity index (χ1) is 5.08. The molecule has 1 heterocycles. The van der Waals surface area contributed by atoms with Crippen molar-refractivity contribution in [2.45, 2.75) is 6.54 Å². The molecular weight excluding hydrogens is 168 g/mol. The van der Waals surface area contributed by atoms with Crippen molar-refractivity contribution in [2.75, 3.05) is 6.26 Å². The lowest BCUT2D eigenvalue weighted by Crippen LogP contribution is -2.20. The molecule has 0 saturated carbocycles. The summed E-state index contributed by atoms with van der Waals surface area (Å²) in [7, 11) is -3.14. The number of hydrogen-bond donors (Lipinski definition) is 1. The van der Waals surface area contributed by atoms with E-state index in [1.807, 2.05) is 0 Å². The summed E-state index contributed by atoms with van der Waals surface area (Å²) >= 11 is 0. The van der Waals surface area contributed by atoms with E-state index >= 15 is 0 Å². The molecule has 0 fully saturated rings. The minimum Gasteiger partial charge on any atom is -0.360 e. The van der Waals surface area contributed by atoms with Crippen LogP contribution in [0.15, 0.2) is 16.8 Å². The van der Waals surface area contributed by atoms with Crippen molar-refractivity contribution in [1.29, 1.82) is 0 Å². The largest absolute Gasteiger partial charge is 0.360 e. The third-order valence-corrected chi connectivity index (χ3v) is 1.67. The number of hydrogen-bond acceptors (Lipinski definition) is 4. The highest BCUT2D eigenvalue weighted by Crippen LogP contribution is 1.95. The van der Waals surface area contributed by atoms with E-state index in [-0.39, 0.29) is 6.54 Å². The van der Waals surface area contributed by atoms with Crippen LogP contribution in [0.4, 0.5) is 0 Å². The van der Waals surface area contributed by atoms with Crippen LogP contribution in [-0.2, 0) is 16.6 Å². The summed E-state index contributed by atoms with van der Waals surface area (Å²) in [6, 6.07) is 1.60. The number of nitrogens with zero attached hydrogens (tertiary/aromatic N) is 1. The summed E-state index contributed by atoms with van der Waals surface area (Å²) in [6.45, 7) is 0.152. The minimum absolute atomic E-state index is 0.152. The SMILES string of the molecule is CS(=O)(=O)NCc1ccno1. The van der Waals surface area contributed by atoms with Gasteiger partial charge in [-0.15, -0.1) is 0 Å². The molecule has 0 amide bonds. The van der Waals surface area contributed by atoms with Crippen LogP contribution in [0.25, 0.3) is 0 Å². The summed E-state index contributed by atoms with van der Waals surface area (Å²) in [5, 5.41) is 3.41. The van der Waals surface area contributed by atoms with Gasteiger partial charge in [-0.25, -0.2) is 13.1 Å². The van der Waals surface area contributed by atoms with Gasteiger partial charge in [0.1, 0.15) is 0 Å². The second-order valence-corrected chi connectivity index (χ2v) is 3.91. The summed E-state index contributed by atoms with van der Waals surface area (Å²) in [6.07, 6.45) is 2.54. The summed E-state index contributed by atoms with van der Waals surface area (Å²) < 4.78 is 28.0. The first-order valence-corrected chi connectivity index (χ1v) is 4.81. The van der Waals surface area contributed by atoms with Gasteiger partial charge in [-0.2, -0.15) is 0 Å². The molecule has 1 aromatic rings. The minimum atomic E-state index is -3.14. The molecule has 1 aromatic heterocycles. The van der Waals surface area contributed by atoms with Gasteiger partial charge in [0, 0.05) is 6.07 Å². The fourth-order valence-electron chi connectivity index (χ4n) is 0.536. The van der Waals surface area contributed by atoms with Gasteiger partial charge in [-0.05, 0) is 0 Å². The van der Waals surface area contributed by atoms with Crippen LogP contribution in [0.2, 0.25) is 0 Å². The molecule has 0 saturated heterocycles. The zero-order chi connectivity index (χ0) is 8.32. The van der Waals surface area contributed by atoms with Crippen LogP contribution >= 0.6 is 0 Å². The van der Waals surface area contributed by atoms with Crippen molar-refractivity contribution < 1.29 is 12.9 Å². The molecule has 0 unspecified atom stereocenters. The Kier molecular flexibility index (Phi) is 2.25. The van der Waals surface area contributed by atoms with Crippen molar-refractivity contribution in [1.82, 2.24) is 9.88 Å². The Bertz CT molecular complexity index is 302. The van der Waals surface area contributed by atoms with E-state index in [9.17, 15) is 8.42 Å². The van der Waals surface area contributed by atoms with Crippen molar-refractivity contribution in [3.63, 3.8) is 0 Å². The predicted octanol–water partition coefficient (Wildman–Crippen LogP) is -0.276. The smallest absolute Gasteiger partial charge is 0.209 e. The van der Waals surface area contributed by atoms with E-state index in [4.69, 9.17) is 0 Å². The molecule has 0 aromatic carbocycles. The number of rotatable bonds is 3. The maximum Gasteiger partial charge on any atom is 0.209 e. The van der Waals surface area contributed by atoms with E-state index in [1.54, 1.807) is 6.07 Å². The first-order valence-electron chi connectivity index (χ1n) is 2.92. The average molecular weight is 176 g/mol. The number of aromatic nitrogens is 1. The standard InChI is InChI=1S/C5H8N2O3S/c1-11(8,9)7-4-5-2-3-6-10-5/h2-3,7H,4H2,1H3. The molecule has 0 aliphatic heterocycles. The third kappa shape index (κ3) is 3.15. The Morgan fingerprint density at radius 2 is 2.45 bits per heavy atom. The Labute approximate surface area is 64.4 Å². The molecule has 0 atom stereocenters. The molecule has 0 aliphatic rings. The fourth-order valence-corrected chi connectivity index (χ4v) is 0.940. The normalized spacial score (nSPS) is 11.7. The molecule has 11 heavy (non-hydrogen) atoms. The Morgan fingerprint density at radius 1 is 1.73 bits per heavy atom. The highest BCUT2D eigenvalue weighted by molar-refractivity contribution is 7.88. The lowest BCUT2D eigenvalue weighted by atomic mass is 10.5. The van der Waals surface area contributed by atoms with Gasteiger partial charge in [0.2, 0.25) is 10.0 Å². The first kappa shape index (κ1) is 8.22. The van der Waals surface area contributed by atoms with Gasteiger partial charge >= 0.3 is 0 Å². The number of sulfonamides is 1. The highest BCUT2D eigenvalue weighted by atomic mass is 32.2. The van der Waals surface area contributed by atoms with Gasteiger partial charge in [0.05, 0.1) is 19.0 Å². The zero-order valence-electron chi connectivity index (χ0n) is 5.94. The second kappa shape index (κ2) is 3.02. The summed E-state index contributed by atoms with van der Waals surface area (Å²) in [4.78, 5) is 0. The number of nitrogens with one attached hydrogen (secondary N) is 1. The second-order valence-electron chi connectivity index (χ2n) is 2.07. The Hall–Kier alpha value is -0.880. The van der Waals surface area contributed by atoms with Crippen LogP contribution < -0.4 is 4.72 Å². The van der Waals surface area contributed by atoms with E-state index < -0.39 is 10.0 Å². The Balaban J connectivity index is 2.48. The van der Waals surface area contributed by atoms with Gasteiger partial charge in [-0.1, -0.05) is 5.16 Å². The van der Waals surface area contributed by atoms with Gasteiger partial charge in [-0.3, -0.25) is 0 Å². The molecule has 5 nitrogen and oxygen atoms in total. The van der Waals surface area contributed by atoms with Crippen molar-refractivity contribution in [3.8, 4) is 0 Å². The summed E-state index contributed by atoms with van der Waals surface area (Å²) in [5.74, 6) is 0.496. The van der Waals surface area contributed by atoms with E-state index in [0.29, 0.717) is 5.76 Å². The van der Waals surface area contributed by atoms with E-state index in [2.05, 4.69) is 14.4 Å². The van der Waals surface area contributed by atoms with Crippen LogP contribution in [0, 0.1) is 0 Å². The fraction of sp³-hybridized carbons (Fsp3) is 0.400.